The van der Waals surface area contributed by atoms with E-state index in [1.165, 1.54) is 44.7 Å². The molecule has 2 aliphatic rings. The molecule has 2 heteroatoms. The van der Waals surface area contributed by atoms with Gasteiger partial charge in [0.1, 0.15) is 0 Å². The van der Waals surface area contributed by atoms with Crippen molar-refractivity contribution in [2.45, 2.75) is 18.9 Å². The molecule has 0 radical (unpaired) electrons. The molecule has 2 saturated heterocycles. The molecule has 0 saturated carbocycles. The lowest BCUT2D eigenvalue weighted by Gasteiger charge is -2.38. The van der Waals surface area contributed by atoms with E-state index in [0.29, 0.717) is 0 Å². The van der Waals surface area contributed by atoms with Crippen LogP contribution in [-0.4, -0.2) is 37.1 Å². The maximum Gasteiger partial charge on any atom is 0.0367 e. The number of rotatable bonds is 1. The topological polar surface area (TPSA) is 6.48 Å². The maximum absolute atomic E-state index is 2.65. The molecule has 0 N–H and O–H groups in total. The van der Waals surface area contributed by atoms with Crippen molar-refractivity contribution in [1.82, 2.24) is 4.90 Å². The Morgan fingerprint density at radius 2 is 1.87 bits per heavy atom. The molecule has 0 aromatic heterocycles. The van der Waals surface area contributed by atoms with Gasteiger partial charge in [0.15, 0.2) is 0 Å². The average molecular weight is 202 g/mol. The van der Waals surface area contributed by atoms with Gasteiger partial charge in [0.2, 0.25) is 0 Å². The van der Waals surface area contributed by atoms with Crippen LogP contribution in [0.1, 0.15) is 12.8 Å². The van der Waals surface area contributed by atoms with Crippen molar-refractivity contribution < 1.29 is 0 Å². The van der Waals surface area contributed by atoms with Gasteiger partial charge in [-0.2, -0.15) is 0 Å². The zero-order valence-electron chi connectivity index (χ0n) is 9.10. The smallest absolute Gasteiger partial charge is 0.0367 e. The van der Waals surface area contributed by atoms with Gasteiger partial charge in [-0.15, -0.1) is 0 Å². The molecule has 1 atom stereocenters. The third-order valence-electron chi connectivity index (χ3n) is 3.71. The summed E-state index contributed by atoms with van der Waals surface area (Å²) in [5.74, 6) is 0. The van der Waals surface area contributed by atoms with Crippen LogP contribution in [0.25, 0.3) is 0 Å². The highest BCUT2D eigenvalue weighted by Crippen LogP contribution is 2.24. The largest absolute Gasteiger partial charge is 0.369 e. The molecule has 2 fully saturated rings. The minimum atomic E-state index is 0.818. The van der Waals surface area contributed by atoms with Crippen LogP contribution in [0, 0.1) is 0 Å². The first-order valence-corrected chi connectivity index (χ1v) is 5.97. The van der Waals surface area contributed by atoms with E-state index in [1.54, 1.807) is 0 Å². The Labute approximate surface area is 91.5 Å². The quantitative estimate of drug-likeness (QED) is 0.687. The first-order chi connectivity index (χ1) is 7.43. The molecule has 3 rings (SSSR count). The zero-order valence-corrected chi connectivity index (χ0v) is 9.10. The number of nitrogens with zero attached hydrogens (tertiary/aromatic N) is 2. The molecular weight excluding hydrogens is 184 g/mol. The SMILES string of the molecule is c1ccc(N2CCN3CCC[C@H]3C2)cc1. The second kappa shape index (κ2) is 3.86. The van der Waals surface area contributed by atoms with E-state index in [1.807, 2.05) is 0 Å². The van der Waals surface area contributed by atoms with E-state index < -0.39 is 0 Å². The van der Waals surface area contributed by atoms with E-state index in [9.17, 15) is 0 Å². The Hall–Kier alpha value is -1.02. The van der Waals surface area contributed by atoms with Crippen molar-refractivity contribution in [3.05, 3.63) is 30.3 Å². The van der Waals surface area contributed by atoms with Gasteiger partial charge in [-0.3, -0.25) is 4.90 Å². The van der Waals surface area contributed by atoms with Crippen molar-refractivity contribution in [3.63, 3.8) is 0 Å². The van der Waals surface area contributed by atoms with Crippen molar-refractivity contribution in [2.75, 3.05) is 31.1 Å². The lowest BCUT2D eigenvalue weighted by atomic mass is 10.1. The van der Waals surface area contributed by atoms with Crippen LogP contribution in [0.15, 0.2) is 30.3 Å². The predicted octanol–water partition coefficient (Wildman–Crippen LogP) is 1.97. The minimum absolute atomic E-state index is 0.818. The van der Waals surface area contributed by atoms with Crippen molar-refractivity contribution in [2.24, 2.45) is 0 Å². The molecule has 0 amide bonds. The minimum Gasteiger partial charge on any atom is -0.369 e. The van der Waals surface area contributed by atoms with Gasteiger partial charge in [0.05, 0.1) is 0 Å². The molecule has 2 nitrogen and oxygen atoms in total. The predicted molar refractivity (Wildman–Crippen MR) is 63.3 cm³/mol. The molecule has 0 spiro atoms. The molecular formula is C13H18N2. The van der Waals surface area contributed by atoms with Gasteiger partial charge in [-0.25, -0.2) is 0 Å². The summed E-state index contributed by atoms with van der Waals surface area (Å²) in [5.41, 5.74) is 1.39. The summed E-state index contributed by atoms with van der Waals surface area (Å²) in [7, 11) is 0. The highest BCUT2D eigenvalue weighted by Gasteiger charge is 2.30. The first kappa shape index (κ1) is 9.22. The summed E-state index contributed by atoms with van der Waals surface area (Å²) >= 11 is 0. The highest BCUT2D eigenvalue weighted by molar-refractivity contribution is 5.46. The molecule has 2 heterocycles. The van der Waals surface area contributed by atoms with E-state index >= 15 is 0 Å². The number of piperazine rings is 1. The standard InChI is InChI=1S/C13H18N2/c1-2-5-12(6-3-1)15-10-9-14-8-4-7-13(14)11-15/h1-3,5-6,13H,4,7-11H2/t13-/m0/s1. The molecule has 80 valence electrons. The number of benzene rings is 1. The van der Waals surface area contributed by atoms with Gasteiger partial charge in [-0.05, 0) is 31.5 Å². The van der Waals surface area contributed by atoms with Crippen LogP contribution < -0.4 is 4.90 Å². The van der Waals surface area contributed by atoms with Gasteiger partial charge in [-0.1, -0.05) is 18.2 Å². The lowest BCUT2D eigenvalue weighted by molar-refractivity contribution is 0.231. The van der Waals surface area contributed by atoms with Crippen LogP contribution in [0.5, 0.6) is 0 Å². The Morgan fingerprint density at radius 1 is 1.00 bits per heavy atom. The van der Waals surface area contributed by atoms with Crippen molar-refractivity contribution >= 4 is 5.69 Å². The first-order valence-electron chi connectivity index (χ1n) is 5.97. The third-order valence-corrected chi connectivity index (χ3v) is 3.71. The van der Waals surface area contributed by atoms with E-state index in [-0.39, 0.29) is 0 Å². The number of hydrogen-bond acceptors (Lipinski definition) is 2. The average Bonchev–Trinajstić information content (AvgIpc) is 2.77. The van der Waals surface area contributed by atoms with Crippen LogP contribution in [0.3, 0.4) is 0 Å². The molecule has 15 heavy (non-hydrogen) atoms. The van der Waals surface area contributed by atoms with Crippen LogP contribution in [-0.2, 0) is 0 Å². The zero-order chi connectivity index (χ0) is 10.1. The summed E-state index contributed by atoms with van der Waals surface area (Å²) in [5, 5.41) is 0. The maximum atomic E-state index is 2.65. The van der Waals surface area contributed by atoms with Crippen LogP contribution in [0.2, 0.25) is 0 Å². The second-order valence-electron chi connectivity index (χ2n) is 4.61. The Balaban J connectivity index is 1.74. The molecule has 0 aliphatic carbocycles. The molecule has 0 bridgehead atoms. The normalized spacial score (nSPS) is 26.7. The van der Waals surface area contributed by atoms with Gasteiger partial charge in [0, 0.05) is 31.4 Å². The number of fused-ring (bicyclic) bond motifs is 1. The molecule has 1 aromatic rings. The number of para-hydroxylation sites is 1. The lowest BCUT2D eigenvalue weighted by Crippen LogP contribution is -2.50. The van der Waals surface area contributed by atoms with Gasteiger partial charge in [0.25, 0.3) is 0 Å². The monoisotopic (exact) mass is 202 g/mol. The summed E-state index contributed by atoms with van der Waals surface area (Å²) < 4.78 is 0. The number of hydrogen-bond donors (Lipinski definition) is 0. The fraction of sp³-hybridized carbons (Fsp3) is 0.538. The van der Waals surface area contributed by atoms with E-state index in [2.05, 4.69) is 40.1 Å². The number of anilines is 1. The van der Waals surface area contributed by atoms with Crippen molar-refractivity contribution in [3.8, 4) is 0 Å². The summed E-state index contributed by atoms with van der Waals surface area (Å²) in [4.78, 5) is 5.19. The van der Waals surface area contributed by atoms with E-state index in [0.717, 1.165) is 6.04 Å². The Morgan fingerprint density at radius 3 is 2.73 bits per heavy atom. The fourth-order valence-corrected chi connectivity index (χ4v) is 2.86. The van der Waals surface area contributed by atoms with E-state index in [4.69, 9.17) is 0 Å². The summed E-state index contributed by atoms with van der Waals surface area (Å²) in [6, 6.07) is 11.6. The fourth-order valence-electron chi connectivity index (χ4n) is 2.86. The summed E-state index contributed by atoms with van der Waals surface area (Å²) in [6.45, 7) is 5.00. The Kier molecular flexibility index (Phi) is 2.37. The van der Waals surface area contributed by atoms with Gasteiger partial charge < -0.3 is 4.90 Å². The van der Waals surface area contributed by atoms with Gasteiger partial charge >= 0.3 is 0 Å². The molecule has 2 aliphatic heterocycles. The van der Waals surface area contributed by atoms with Crippen LogP contribution >= 0.6 is 0 Å². The third kappa shape index (κ3) is 1.74. The highest BCUT2D eigenvalue weighted by atomic mass is 15.3. The van der Waals surface area contributed by atoms with Crippen LogP contribution in [0.4, 0.5) is 5.69 Å². The molecule has 0 unspecified atom stereocenters. The second-order valence-corrected chi connectivity index (χ2v) is 4.61. The summed E-state index contributed by atoms with van der Waals surface area (Å²) in [6.07, 6.45) is 2.79. The Bertz CT molecular complexity index is 323. The van der Waals surface area contributed by atoms with Crippen molar-refractivity contribution in [1.29, 1.82) is 0 Å². The molecule has 1 aromatic carbocycles.